The zero-order valence-electron chi connectivity index (χ0n) is 15.2. The molecule has 0 aromatic heterocycles. The lowest BCUT2D eigenvalue weighted by molar-refractivity contribution is -0.502. The van der Waals surface area contributed by atoms with Crippen molar-refractivity contribution >= 4 is 17.6 Å². The Hall–Kier alpha value is -3.47. The molecule has 0 saturated carbocycles. The van der Waals surface area contributed by atoms with Gasteiger partial charge in [0, 0.05) is 11.3 Å². The van der Waals surface area contributed by atoms with Gasteiger partial charge in [-0.15, -0.1) is 0 Å². The Morgan fingerprint density at radius 3 is 2.04 bits per heavy atom. The van der Waals surface area contributed by atoms with Crippen LogP contribution in [-0.4, -0.2) is 25.2 Å². The van der Waals surface area contributed by atoms with Gasteiger partial charge in [0.2, 0.25) is 0 Å². The zero-order valence-corrected chi connectivity index (χ0v) is 15.2. The number of nitrogens with zero attached hydrogens (tertiary/aromatic N) is 2. The van der Waals surface area contributed by atoms with Crippen LogP contribution in [0.25, 0.3) is 0 Å². The Morgan fingerprint density at radius 2 is 1.41 bits per heavy atom. The Balaban J connectivity index is 1.86. The molecule has 0 aliphatic carbocycles. The minimum Gasteiger partial charge on any atom is -0.622 e. The van der Waals surface area contributed by atoms with Crippen molar-refractivity contribution in [1.82, 2.24) is 0 Å². The molecule has 0 spiro atoms. The normalized spacial score (nSPS) is 15.7. The highest BCUT2D eigenvalue weighted by Gasteiger charge is 2.34. The van der Waals surface area contributed by atoms with Crippen molar-refractivity contribution in [2.45, 2.75) is 6.17 Å². The van der Waals surface area contributed by atoms with Crippen LogP contribution in [0.5, 0.6) is 11.5 Å². The van der Waals surface area contributed by atoms with Gasteiger partial charge in [-0.05, 0) is 60.7 Å². The standard InChI is InChI=1S/C22H20N2O3/c1-26-19-11-7-16(8-12-19)22-23(25)15-17-5-3-4-6-21(17)24(22)18-9-13-20(27-2)14-10-18/h3-15,22H,1-2H3. The third kappa shape index (κ3) is 3.08. The number of ether oxygens (including phenoxy) is 2. The summed E-state index contributed by atoms with van der Waals surface area (Å²) in [6.07, 6.45) is 1.13. The molecule has 1 unspecified atom stereocenters. The number of methoxy groups -OCH3 is 2. The van der Waals surface area contributed by atoms with Gasteiger partial charge in [-0.25, -0.2) is 0 Å². The molecule has 4 rings (SSSR count). The number of fused-ring (bicyclic) bond motifs is 1. The third-order valence-electron chi connectivity index (χ3n) is 4.71. The molecule has 5 nitrogen and oxygen atoms in total. The highest BCUT2D eigenvalue weighted by Crippen LogP contribution is 2.40. The Labute approximate surface area is 158 Å². The van der Waals surface area contributed by atoms with Crippen LogP contribution in [0.4, 0.5) is 11.4 Å². The van der Waals surface area contributed by atoms with Gasteiger partial charge in [-0.3, -0.25) is 4.90 Å². The lowest BCUT2D eigenvalue weighted by Gasteiger charge is -2.35. The molecule has 1 aliphatic rings. The molecule has 0 N–H and O–H groups in total. The van der Waals surface area contributed by atoms with Gasteiger partial charge < -0.3 is 14.7 Å². The summed E-state index contributed by atoms with van der Waals surface area (Å²) in [7, 11) is 3.27. The van der Waals surface area contributed by atoms with E-state index in [4.69, 9.17) is 9.47 Å². The summed E-state index contributed by atoms with van der Waals surface area (Å²) in [6, 6.07) is 23.2. The van der Waals surface area contributed by atoms with Crippen molar-refractivity contribution in [1.29, 1.82) is 0 Å². The summed E-state index contributed by atoms with van der Waals surface area (Å²) in [5, 5.41) is 13.0. The predicted octanol–water partition coefficient (Wildman–Crippen LogP) is 4.48. The average Bonchev–Trinajstić information content (AvgIpc) is 2.73. The van der Waals surface area contributed by atoms with Crippen LogP contribution < -0.4 is 14.4 Å². The van der Waals surface area contributed by atoms with Crippen molar-refractivity contribution in [3.8, 4) is 11.5 Å². The van der Waals surface area contributed by atoms with E-state index >= 15 is 0 Å². The first-order valence-corrected chi connectivity index (χ1v) is 8.68. The Kier molecular flexibility index (Phi) is 4.42. The molecule has 0 saturated heterocycles. The second kappa shape index (κ2) is 7.03. The molecule has 0 radical (unpaired) electrons. The highest BCUT2D eigenvalue weighted by atomic mass is 16.5. The molecule has 3 aromatic carbocycles. The van der Waals surface area contributed by atoms with Crippen LogP contribution in [-0.2, 0) is 0 Å². The van der Waals surface area contributed by atoms with E-state index in [1.165, 1.54) is 0 Å². The zero-order chi connectivity index (χ0) is 18.8. The predicted molar refractivity (Wildman–Crippen MR) is 106 cm³/mol. The van der Waals surface area contributed by atoms with Gasteiger partial charge in [0.25, 0.3) is 6.17 Å². The molecule has 0 bridgehead atoms. The first-order chi connectivity index (χ1) is 13.2. The van der Waals surface area contributed by atoms with Gasteiger partial charge in [-0.1, -0.05) is 12.1 Å². The fourth-order valence-electron chi connectivity index (χ4n) is 3.36. The van der Waals surface area contributed by atoms with Crippen LogP contribution in [0.2, 0.25) is 0 Å². The minimum absolute atomic E-state index is 0.515. The number of hydrogen-bond acceptors (Lipinski definition) is 4. The topological polar surface area (TPSA) is 47.8 Å². The fraction of sp³-hybridized carbons (Fsp3) is 0.136. The van der Waals surface area contributed by atoms with Crippen molar-refractivity contribution in [3.63, 3.8) is 0 Å². The summed E-state index contributed by atoms with van der Waals surface area (Å²) in [6.45, 7) is 0. The average molecular weight is 360 g/mol. The van der Waals surface area contributed by atoms with E-state index in [9.17, 15) is 5.21 Å². The number of benzene rings is 3. The Bertz CT molecular complexity index is 966. The van der Waals surface area contributed by atoms with Crippen molar-refractivity contribution < 1.29 is 14.2 Å². The lowest BCUT2D eigenvalue weighted by Crippen LogP contribution is -2.35. The van der Waals surface area contributed by atoms with Gasteiger partial charge >= 0.3 is 0 Å². The molecule has 1 atom stereocenters. The van der Waals surface area contributed by atoms with Gasteiger partial charge in [0.1, 0.15) is 11.5 Å². The Morgan fingerprint density at radius 1 is 0.815 bits per heavy atom. The fourth-order valence-corrected chi connectivity index (χ4v) is 3.36. The summed E-state index contributed by atoms with van der Waals surface area (Å²) in [4.78, 5) is 2.05. The number of rotatable bonds is 4. The smallest absolute Gasteiger partial charge is 0.269 e. The van der Waals surface area contributed by atoms with E-state index in [1.54, 1.807) is 20.4 Å². The quantitative estimate of drug-likeness (QED) is 0.508. The van der Waals surface area contributed by atoms with Crippen molar-refractivity contribution in [2.24, 2.45) is 0 Å². The number of anilines is 2. The van der Waals surface area contributed by atoms with E-state index in [2.05, 4.69) is 0 Å². The molecular formula is C22H20N2O3. The van der Waals surface area contributed by atoms with E-state index in [0.29, 0.717) is 0 Å². The maximum absolute atomic E-state index is 13.0. The second-order valence-electron chi connectivity index (χ2n) is 6.26. The summed E-state index contributed by atoms with van der Waals surface area (Å²) >= 11 is 0. The molecule has 1 aliphatic heterocycles. The van der Waals surface area contributed by atoms with E-state index in [-0.39, 0.29) is 0 Å². The molecule has 3 aromatic rings. The van der Waals surface area contributed by atoms with E-state index in [1.807, 2.05) is 77.7 Å². The monoisotopic (exact) mass is 360 g/mol. The molecule has 27 heavy (non-hydrogen) atoms. The first kappa shape index (κ1) is 17.0. The van der Waals surface area contributed by atoms with Crippen LogP contribution >= 0.6 is 0 Å². The number of hydrogen-bond donors (Lipinski definition) is 0. The molecule has 0 amide bonds. The minimum atomic E-state index is -0.515. The van der Waals surface area contributed by atoms with Gasteiger partial charge in [0.05, 0.1) is 25.5 Å². The SMILES string of the molecule is COc1ccc(C2N(c3ccc(OC)cc3)c3ccccc3C=[N+]2[O-])cc1. The third-order valence-corrected chi connectivity index (χ3v) is 4.71. The van der Waals surface area contributed by atoms with Gasteiger partial charge in [0.15, 0.2) is 6.21 Å². The largest absolute Gasteiger partial charge is 0.622 e. The van der Waals surface area contributed by atoms with Crippen LogP contribution in [0.15, 0.2) is 72.8 Å². The molecule has 5 heteroatoms. The number of para-hydroxylation sites is 1. The summed E-state index contributed by atoms with van der Waals surface area (Å²) < 4.78 is 11.5. The summed E-state index contributed by atoms with van der Waals surface area (Å²) in [5.74, 6) is 1.53. The van der Waals surface area contributed by atoms with Crippen LogP contribution in [0.3, 0.4) is 0 Å². The molecule has 1 heterocycles. The first-order valence-electron chi connectivity index (χ1n) is 8.68. The second-order valence-corrected chi connectivity index (χ2v) is 6.26. The van der Waals surface area contributed by atoms with Crippen molar-refractivity contribution in [3.05, 3.63) is 89.1 Å². The van der Waals surface area contributed by atoms with E-state index < -0.39 is 6.17 Å². The van der Waals surface area contributed by atoms with Gasteiger partial charge in [-0.2, -0.15) is 4.74 Å². The molecular weight excluding hydrogens is 340 g/mol. The highest BCUT2D eigenvalue weighted by molar-refractivity contribution is 5.89. The van der Waals surface area contributed by atoms with Crippen LogP contribution in [0.1, 0.15) is 17.3 Å². The maximum atomic E-state index is 13.0. The maximum Gasteiger partial charge on any atom is 0.269 e. The lowest BCUT2D eigenvalue weighted by atomic mass is 10.0. The molecule has 0 fully saturated rings. The van der Waals surface area contributed by atoms with Crippen LogP contribution in [0, 0.1) is 5.21 Å². The summed E-state index contributed by atoms with van der Waals surface area (Å²) in [5.41, 5.74) is 3.66. The van der Waals surface area contributed by atoms with E-state index in [0.717, 1.165) is 38.7 Å². The van der Waals surface area contributed by atoms with Crippen molar-refractivity contribution in [2.75, 3.05) is 19.1 Å². The number of hydroxylamine groups is 1. The molecule has 136 valence electrons.